The van der Waals surface area contributed by atoms with Gasteiger partial charge in [-0.1, -0.05) is 23.7 Å². The first-order valence-electron chi connectivity index (χ1n) is 7.57. The summed E-state index contributed by atoms with van der Waals surface area (Å²) in [6.45, 7) is 4.23. The van der Waals surface area contributed by atoms with E-state index < -0.39 is 0 Å². The maximum absolute atomic E-state index is 13.3. The van der Waals surface area contributed by atoms with Gasteiger partial charge < -0.3 is 10.2 Å². The summed E-state index contributed by atoms with van der Waals surface area (Å²) < 4.78 is 13.3. The number of benzene rings is 1. The van der Waals surface area contributed by atoms with Gasteiger partial charge in [-0.25, -0.2) is 14.4 Å². The van der Waals surface area contributed by atoms with Crippen molar-refractivity contribution in [3.63, 3.8) is 0 Å². The molecule has 3 rings (SSSR count). The van der Waals surface area contributed by atoms with E-state index in [1.807, 2.05) is 13.1 Å². The van der Waals surface area contributed by atoms with Crippen LogP contribution in [-0.2, 0) is 6.54 Å². The van der Waals surface area contributed by atoms with Crippen molar-refractivity contribution in [1.29, 1.82) is 0 Å². The Labute approximate surface area is 140 Å². The van der Waals surface area contributed by atoms with Crippen molar-refractivity contribution >= 4 is 23.1 Å². The van der Waals surface area contributed by atoms with Gasteiger partial charge in [-0.05, 0) is 17.7 Å². The molecule has 1 aliphatic heterocycles. The summed E-state index contributed by atoms with van der Waals surface area (Å²) in [6.07, 6.45) is 1.48. The summed E-state index contributed by atoms with van der Waals surface area (Å²) >= 11 is 6.11. The van der Waals surface area contributed by atoms with Crippen LogP contribution in [0.5, 0.6) is 0 Å². The number of hydrogen-bond acceptors (Lipinski definition) is 5. The molecule has 2 aromatic rings. The molecule has 1 aliphatic rings. The zero-order chi connectivity index (χ0) is 16.2. The van der Waals surface area contributed by atoms with E-state index in [0.717, 1.165) is 49.8 Å². The fraction of sp³-hybridized carbons (Fsp3) is 0.375. The molecule has 0 bridgehead atoms. The lowest BCUT2D eigenvalue weighted by molar-refractivity contribution is 0.249. The molecule has 7 heteroatoms. The SMILES string of the molecule is CNc1c(Cl)ncnc1N1CCN(Cc2cccc(F)c2)CC1. The summed E-state index contributed by atoms with van der Waals surface area (Å²) in [6, 6.07) is 6.77. The van der Waals surface area contributed by atoms with E-state index in [4.69, 9.17) is 11.6 Å². The average molecular weight is 336 g/mol. The summed E-state index contributed by atoms with van der Waals surface area (Å²) in [5.74, 6) is 0.647. The van der Waals surface area contributed by atoms with Crippen molar-refractivity contribution in [3.05, 3.63) is 47.1 Å². The lowest BCUT2D eigenvalue weighted by Crippen LogP contribution is -2.46. The second-order valence-electron chi connectivity index (χ2n) is 5.51. The topological polar surface area (TPSA) is 44.3 Å². The van der Waals surface area contributed by atoms with Crippen LogP contribution in [0.2, 0.25) is 5.15 Å². The van der Waals surface area contributed by atoms with Gasteiger partial charge in [0, 0.05) is 39.8 Å². The first-order chi connectivity index (χ1) is 11.2. The molecule has 0 spiro atoms. The van der Waals surface area contributed by atoms with E-state index in [2.05, 4.69) is 25.1 Å². The van der Waals surface area contributed by atoms with Crippen molar-refractivity contribution in [1.82, 2.24) is 14.9 Å². The summed E-state index contributed by atoms with van der Waals surface area (Å²) in [7, 11) is 1.81. The van der Waals surface area contributed by atoms with E-state index in [1.54, 1.807) is 12.1 Å². The van der Waals surface area contributed by atoms with Crippen LogP contribution in [0, 0.1) is 5.82 Å². The summed E-state index contributed by atoms with van der Waals surface area (Å²) in [4.78, 5) is 12.9. The quantitative estimate of drug-likeness (QED) is 0.870. The first kappa shape index (κ1) is 16.0. The molecule has 1 fully saturated rings. The molecule has 0 radical (unpaired) electrons. The number of piperazine rings is 1. The number of nitrogens with one attached hydrogen (secondary N) is 1. The summed E-state index contributed by atoms with van der Waals surface area (Å²) in [5, 5.41) is 3.49. The first-order valence-corrected chi connectivity index (χ1v) is 7.95. The third-order valence-electron chi connectivity index (χ3n) is 4.00. The van der Waals surface area contributed by atoms with Crippen LogP contribution in [0.4, 0.5) is 15.9 Å². The van der Waals surface area contributed by atoms with Gasteiger partial charge in [0.2, 0.25) is 0 Å². The lowest BCUT2D eigenvalue weighted by Gasteiger charge is -2.36. The van der Waals surface area contributed by atoms with E-state index in [9.17, 15) is 4.39 Å². The highest BCUT2D eigenvalue weighted by atomic mass is 35.5. The minimum Gasteiger partial charge on any atom is -0.383 e. The zero-order valence-corrected chi connectivity index (χ0v) is 13.7. The normalized spacial score (nSPS) is 15.7. The van der Waals surface area contributed by atoms with Gasteiger partial charge in [-0.3, -0.25) is 4.90 Å². The largest absolute Gasteiger partial charge is 0.383 e. The van der Waals surface area contributed by atoms with Crippen LogP contribution in [0.3, 0.4) is 0 Å². The van der Waals surface area contributed by atoms with Crippen molar-refractivity contribution in [3.8, 4) is 0 Å². The predicted octanol–water partition coefficient (Wildman–Crippen LogP) is 2.63. The minimum atomic E-state index is -0.185. The van der Waals surface area contributed by atoms with Crippen molar-refractivity contribution in [2.75, 3.05) is 43.4 Å². The highest BCUT2D eigenvalue weighted by Crippen LogP contribution is 2.29. The molecule has 0 amide bonds. The van der Waals surface area contributed by atoms with E-state index in [-0.39, 0.29) is 5.82 Å². The van der Waals surface area contributed by atoms with E-state index in [0.29, 0.717) is 5.15 Å². The maximum atomic E-state index is 13.3. The van der Waals surface area contributed by atoms with Crippen LogP contribution < -0.4 is 10.2 Å². The molecule has 1 N–H and O–H groups in total. The van der Waals surface area contributed by atoms with Gasteiger partial charge in [-0.15, -0.1) is 0 Å². The Morgan fingerprint density at radius 2 is 2.00 bits per heavy atom. The second kappa shape index (κ2) is 7.10. The number of halogens is 2. The van der Waals surface area contributed by atoms with E-state index in [1.165, 1.54) is 12.4 Å². The van der Waals surface area contributed by atoms with Gasteiger partial charge >= 0.3 is 0 Å². The molecule has 0 unspecified atom stereocenters. The number of anilines is 2. The molecule has 122 valence electrons. The van der Waals surface area contributed by atoms with Gasteiger partial charge in [0.25, 0.3) is 0 Å². The fourth-order valence-corrected chi connectivity index (χ4v) is 3.04. The number of aromatic nitrogens is 2. The minimum absolute atomic E-state index is 0.185. The third-order valence-corrected chi connectivity index (χ3v) is 4.28. The molecular formula is C16H19ClFN5. The van der Waals surface area contributed by atoms with Gasteiger partial charge in [0.05, 0.1) is 0 Å². The lowest BCUT2D eigenvalue weighted by atomic mass is 10.2. The molecule has 1 aromatic heterocycles. The Morgan fingerprint density at radius 3 is 2.70 bits per heavy atom. The standard InChI is InChI=1S/C16H19ClFN5/c1-19-14-15(17)20-11-21-16(14)23-7-5-22(6-8-23)10-12-3-2-4-13(18)9-12/h2-4,9,11,19H,5-8,10H2,1H3. The Morgan fingerprint density at radius 1 is 1.22 bits per heavy atom. The summed E-state index contributed by atoms with van der Waals surface area (Å²) in [5.41, 5.74) is 1.76. The molecule has 2 heterocycles. The van der Waals surface area contributed by atoms with Crippen LogP contribution in [0.25, 0.3) is 0 Å². The molecule has 5 nitrogen and oxygen atoms in total. The molecule has 0 saturated carbocycles. The number of rotatable bonds is 4. The number of hydrogen-bond donors (Lipinski definition) is 1. The predicted molar refractivity (Wildman–Crippen MR) is 90.5 cm³/mol. The Kier molecular flexibility index (Phi) is 4.93. The molecule has 1 aromatic carbocycles. The van der Waals surface area contributed by atoms with Crippen LogP contribution >= 0.6 is 11.6 Å². The van der Waals surface area contributed by atoms with Crippen molar-refractivity contribution in [2.24, 2.45) is 0 Å². The number of nitrogens with zero attached hydrogens (tertiary/aromatic N) is 4. The second-order valence-corrected chi connectivity index (χ2v) is 5.86. The Balaban J connectivity index is 1.64. The molecule has 1 saturated heterocycles. The monoisotopic (exact) mass is 335 g/mol. The maximum Gasteiger partial charge on any atom is 0.157 e. The van der Waals surface area contributed by atoms with Gasteiger partial charge in [-0.2, -0.15) is 0 Å². The smallest absolute Gasteiger partial charge is 0.157 e. The molecule has 23 heavy (non-hydrogen) atoms. The Hall–Kier alpha value is -1.92. The van der Waals surface area contributed by atoms with Gasteiger partial charge in [0.1, 0.15) is 17.8 Å². The Bertz CT molecular complexity index is 673. The molecular weight excluding hydrogens is 317 g/mol. The van der Waals surface area contributed by atoms with Crippen LogP contribution in [0.1, 0.15) is 5.56 Å². The van der Waals surface area contributed by atoms with Crippen LogP contribution in [0.15, 0.2) is 30.6 Å². The molecule has 0 aliphatic carbocycles. The zero-order valence-electron chi connectivity index (χ0n) is 13.0. The van der Waals surface area contributed by atoms with E-state index >= 15 is 0 Å². The fourth-order valence-electron chi connectivity index (χ4n) is 2.82. The van der Waals surface area contributed by atoms with Crippen molar-refractivity contribution in [2.45, 2.75) is 6.54 Å². The highest BCUT2D eigenvalue weighted by Gasteiger charge is 2.21. The highest BCUT2D eigenvalue weighted by molar-refractivity contribution is 6.32. The average Bonchev–Trinajstić information content (AvgIpc) is 2.55. The third kappa shape index (κ3) is 3.71. The van der Waals surface area contributed by atoms with Crippen LogP contribution in [-0.4, -0.2) is 48.1 Å². The van der Waals surface area contributed by atoms with Crippen molar-refractivity contribution < 1.29 is 4.39 Å². The van der Waals surface area contributed by atoms with Gasteiger partial charge in [0.15, 0.2) is 11.0 Å². The molecule has 0 atom stereocenters.